The number of hydrogen-bond donors (Lipinski definition) is 1. The minimum atomic E-state index is 0.370. The molecule has 0 bridgehead atoms. The summed E-state index contributed by atoms with van der Waals surface area (Å²) in [4.78, 5) is 0. The van der Waals surface area contributed by atoms with Crippen LogP contribution in [0.4, 0.5) is 0 Å². The van der Waals surface area contributed by atoms with Crippen molar-refractivity contribution in [3.63, 3.8) is 0 Å². The van der Waals surface area contributed by atoms with E-state index < -0.39 is 0 Å². The number of fused-ring (bicyclic) bond motifs is 1. The van der Waals surface area contributed by atoms with E-state index in [9.17, 15) is 0 Å². The molecule has 1 aliphatic rings. The second-order valence-electron chi connectivity index (χ2n) is 3.43. The summed E-state index contributed by atoms with van der Waals surface area (Å²) >= 11 is 0. The third kappa shape index (κ3) is 1.53. The van der Waals surface area contributed by atoms with Gasteiger partial charge in [0.1, 0.15) is 0 Å². The van der Waals surface area contributed by atoms with Crippen LogP contribution in [0.15, 0.2) is 24.3 Å². The summed E-state index contributed by atoms with van der Waals surface area (Å²) in [6, 6.07) is 11.4. The Labute approximate surface area is 79.2 Å². The molecule has 1 atom stereocenters. The second-order valence-corrected chi connectivity index (χ2v) is 3.43. The van der Waals surface area contributed by atoms with Gasteiger partial charge in [-0.05, 0) is 30.4 Å². The number of hydrogen-bond acceptors (Lipinski definition) is 1. The Bertz CT molecular complexity index is 335. The average Bonchev–Trinajstić information content (AvgIpc) is 2.19. The lowest BCUT2D eigenvalue weighted by Gasteiger charge is -2.24. The Kier molecular flexibility index (Phi) is 2.23. The summed E-state index contributed by atoms with van der Waals surface area (Å²) < 4.78 is 0. The molecule has 1 aromatic rings. The zero-order valence-electron chi connectivity index (χ0n) is 7.59. The van der Waals surface area contributed by atoms with Crippen LogP contribution < -0.4 is 5.32 Å². The Balaban J connectivity index is 2.32. The van der Waals surface area contributed by atoms with Gasteiger partial charge in [-0.1, -0.05) is 30.7 Å². The average molecular weight is 171 g/mol. The molecule has 0 spiro atoms. The predicted molar refractivity (Wildman–Crippen MR) is 54.1 cm³/mol. The van der Waals surface area contributed by atoms with Crippen molar-refractivity contribution < 1.29 is 0 Å². The van der Waals surface area contributed by atoms with E-state index in [0.29, 0.717) is 6.04 Å². The summed E-state index contributed by atoms with van der Waals surface area (Å²) in [7, 11) is 0. The van der Waals surface area contributed by atoms with Gasteiger partial charge in [-0.3, -0.25) is 0 Å². The lowest BCUT2D eigenvalue weighted by atomic mass is 9.88. The molecule has 0 heterocycles. The van der Waals surface area contributed by atoms with Crippen molar-refractivity contribution in [1.29, 1.82) is 0 Å². The molecule has 1 N–H and O–H groups in total. The third-order valence-corrected chi connectivity index (χ3v) is 2.63. The van der Waals surface area contributed by atoms with Gasteiger partial charge in [0.25, 0.3) is 0 Å². The minimum absolute atomic E-state index is 0.370. The van der Waals surface area contributed by atoms with Crippen LogP contribution in [-0.2, 0) is 6.42 Å². The van der Waals surface area contributed by atoms with E-state index in [1.807, 2.05) is 0 Å². The minimum Gasteiger partial charge on any atom is -0.339 e. The SMILES string of the molecule is C#CNC1CCCc2ccccc21. The quantitative estimate of drug-likeness (QED) is 0.504. The molecule has 66 valence electrons. The normalized spacial score (nSPS) is 20.1. The Morgan fingerprint density at radius 2 is 2.23 bits per heavy atom. The zero-order valence-corrected chi connectivity index (χ0v) is 7.59. The Morgan fingerprint density at radius 3 is 3.08 bits per heavy atom. The van der Waals surface area contributed by atoms with E-state index in [0.717, 1.165) is 6.42 Å². The van der Waals surface area contributed by atoms with Gasteiger partial charge in [0.2, 0.25) is 0 Å². The lowest BCUT2D eigenvalue weighted by molar-refractivity contribution is 0.521. The van der Waals surface area contributed by atoms with E-state index in [-0.39, 0.29) is 0 Å². The first kappa shape index (κ1) is 8.19. The van der Waals surface area contributed by atoms with Crippen LogP contribution in [0, 0.1) is 12.5 Å². The van der Waals surface area contributed by atoms with Crippen molar-refractivity contribution in [2.75, 3.05) is 0 Å². The fraction of sp³-hybridized carbons (Fsp3) is 0.333. The number of rotatable bonds is 1. The summed E-state index contributed by atoms with van der Waals surface area (Å²) in [6.45, 7) is 0. The summed E-state index contributed by atoms with van der Waals surface area (Å²) in [6.07, 6.45) is 8.84. The molecule has 0 radical (unpaired) electrons. The molecule has 1 unspecified atom stereocenters. The Hall–Kier alpha value is -1.42. The van der Waals surface area contributed by atoms with E-state index >= 15 is 0 Å². The van der Waals surface area contributed by atoms with Crippen LogP contribution in [0.25, 0.3) is 0 Å². The van der Waals surface area contributed by atoms with Gasteiger partial charge in [0, 0.05) is 6.04 Å². The molecule has 0 fully saturated rings. The van der Waals surface area contributed by atoms with Crippen molar-refractivity contribution >= 4 is 0 Å². The second kappa shape index (κ2) is 3.53. The van der Waals surface area contributed by atoms with Gasteiger partial charge >= 0.3 is 0 Å². The highest BCUT2D eigenvalue weighted by Gasteiger charge is 2.17. The topological polar surface area (TPSA) is 12.0 Å². The van der Waals surface area contributed by atoms with Crippen LogP contribution >= 0.6 is 0 Å². The van der Waals surface area contributed by atoms with E-state index in [2.05, 4.69) is 35.6 Å². The van der Waals surface area contributed by atoms with Crippen molar-refractivity contribution in [3.8, 4) is 12.5 Å². The summed E-state index contributed by atoms with van der Waals surface area (Å²) in [5.74, 6) is 0. The molecular formula is C12H13N. The molecule has 13 heavy (non-hydrogen) atoms. The third-order valence-electron chi connectivity index (χ3n) is 2.63. The molecule has 0 saturated heterocycles. The first-order valence-corrected chi connectivity index (χ1v) is 4.71. The maximum absolute atomic E-state index is 5.26. The monoisotopic (exact) mass is 171 g/mol. The highest BCUT2D eigenvalue weighted by molar-refractivity contribution is 5.32. The smallest absolute Gasteiger partial charge is 0.0592 e. The molecule has 0 amide bonds. The molecule has 1 aliphatic carbocycles. The predicted octanol–water partition coefficient (Wildman–Crippen LogP) is 2.24. The molecule has 2 rings (SSSR count). The van der Waals surface area contributed by atoms with Gasteiger partial charge in [-0.2, -0.15) is 0 Å². The standard InChI is InChI=1S/C12H13N/c1-2-13-12-9-5-7-10-6-3-4-8-11(10)12/h1,3-4,6,8,12-13H,5,7,9H2. The fourth-order valence-corrected chi connectivity index (χ4v) is 2.00. The van der Waals surface area contributed by atoms with Crippen molar-refractivity contribution in [2.24, 2.45) is 0 Å². The molecule has 1 nitrogen and oxygen atoms in total. The Morgan fingerprint density at radius 1 is 1.38 bits per heavy atom. The van der Waals surface area contributed by atoms with E-state index in [1.165, 1.54) is 24.0 Å². The van der Waals surface area contributed by atoms with Gasteiger partial charge in [-0.25, -0.2) is 0 Å². The van der Waals surface area contributed by atoms with E-state index in [1.54, 1.807) is 0 Å². The molecule has 1 heteroatoms. The molecule has 0 aromatic heterocycles. The lowest BCUT2D eigenvalue weighted by Crippen LogP contribution is -2.20. The van der Waals surface area contributed by atoms with Crippen molar-refractivity contribution in [3.05, 3.63) is 35.4 Å². The van der Waals surface area contributed by atoms with Crippen LogP contribution in [0.1, 0.15) is 30.0 Å². The van der Waals surface area contributed by atoms with Crippen LogP contribution in [0.5, 0.6) is 0 Å². The first-order valence-electron chi connectivity index (χ1n) is 4.71. The summed E-state index contributed by atoms with van der Waals surface area (Å²) in [5.41, 5.74) is 2.83. The molecule has 1 aromatic carbocycles. The molecule has 0 saturated carbocycles. The van der Waals surface area contributed by atoms with Gasteiger partial charge in [0.15, 0.2) is 0 Å². The fourth-order valence-electron chi connectivity index (χ4n) is 2.00. The maximum atomic E-state index is 5.26. The van der Waals surface area contributed by atoms with Gasteiger partial charge in [-0.15, -0.1) is 0 Å². The van der Waals surface area contributed by atoms with Crippen molar-refractivity contribution in [1.82, 2.24) is 5.32 Å². The zero-order chi connectivity index (χ0) is 9.10. The van der Waals surface area contributed by atoms with Crippen LogP contribution in [0.3, 0.4) is 0 Å². The summed E-state index contributed by atoms with van der Waals surface area (Å²) in [5, 5.41) is 3.07. The molecule has 0 aliphatic heterocycles. The largest absolute Gasteiger partial charge is 0.339 e. The number of aryl methyl sites for hydroxylation is 1. The highest BCUT2D eigenvalue weighted by Crippen LogP contribution is 2.28. The number of benzene rings is 1. The van der Waals surface area contributed by atoms with Gasteiger partial charge in [0.05, 0.1) is 6.04 Å². The number of nitrogens with one attached hydrogen (secondary N) is 1. The number of terminal acetylenes is 1. The maximum Gasteiger partial charge on any atom is 0.0592 e. The molecular weight excluding hydrogens is 158 g/mol. The van der Waals surface area contributed by atoms with Crippen LogP contribution in [-0.4, -0.2) is 0 Å². The first-order chi connectivity index (χ1) is 6.42. The highest BCUT2D eigenvalue weighted by atomic mass is 14.9. The van der Waals surface area contributed by atoms with E-state index in [4.69, 9.17) is 6.42 Å². The van der Waals surface area contributed by atoms with Crippen LogP contribution in [0.2, 0.25) is 0 Å². The van der Waals surface area contributed by atoms with Gasteiger partial charge < -0.3 is 5.32 Å². The van der Waals surface area contributed by atoms with Crippen molar-refractivity contribution in [2.45, 2.75) is 25.3 Å².